The number of allylic oxidation sites excluding steroid dienone is 3. The van der Waals surface area contributed by atoms with Crippen molar-refractivity contribution in [1.29, 1.82) is 0 Å². The molecule has 0 amide bonds. The Morgan fingerprint density at radius 1 is 1.31 bits per heavy atom. The molecule has 0 radical (unpaired) electrons. The maximum absolute atomic E-state index is 2.19. The number of thiophene rings is 1. The molecule has 1 heterocycles. The van der Waals surface area contributed by atoms with E-state index >= 15 is 0 Å². The molecule has 0 spiro atoms. The molecule has 0 unspecified atom stereocenters. The first-order valence-corrected chi connectivity index (χ1v) is 5.35. The molecule has 1 aromatic rings. The summed E-state index contributed by atoms with van der Waals surface area (Å²) < 4.78 is 0. The van der Waals surface area contributed by atoms with Crippen LogP contribution in [0.15, 0.2) is 28.7 Å². The Morgan fingerprint density at radius 3 is 2.46 bits per heavy atom. The molecule has 13 heavy (non-hydrogen) atoms. The minimum absolute atomic E-state index is 1.34. The highest BCUT2D eigenvalue weighted by Crippen LogP contribution is 2.17. The van der Waals surface area contributed by atoms with Gasteiger partial charge in [-0.05, 0) is 44.7 Å². The summed E-state index contributed by atoms with van der Waals surface area (Å²) in [4.78, 5) is 1.39. The first kappa shape index (κ1) is 10.3. The summed E-state index contributed by atoms with van der Waals surface area (Å²) in [6.45, 7) is 8.58. The predicted octanol–water partition coefficient (Wildman–Crippen LogP) is 4.43. The van der Waals surface area contributed by atoms with Gasteiger partial charge >= 0.3 is 0 Å². The van der Waals surface area contributed by atoms with Crippen LogP contribution in [0.3, 0.4) is 0 Å². The van der Waals surface area contributed by atoms with E-state index in [4.69, 9.17) is 0 Å². The quantitative estimate of drug-likeness (QED) is 0.608. The van der Waals surface area contributed by atoms with Crippen LogP contribution < -0.4 is 0 Å². The highest BCUT2D eigenvalue weighted by Gasteiger charge is 1.93. The van der Waals surface area contributed by atoms with Crippen molar-refractivity contribution in [2.75, 3.05) is 0 Å². The van der Waals surface area contributed by atoms with Gasteiger partial charge in [0, 0.05) is 4.88 Å². The largest absolute Gasteiger partial charge is 0.149 e. The Morgan fingerprint density at radius 2 is 2.00 bits per heavy atom. The molecule has 0 aliphatic carbocycles. The summed E-state index contributed by atoms with van der Waals surface area (Å²) in [5, 5.41) is 2.13. The van der Waals surface area contributed by atoms with E-state index in [-0.39, 0.29) is 0 Å². The monoisotopic (exact) mass is 192 g/mol. The van der Waals surface area contributed by atoms with E-state index in [0.717, 1.165) is 0 Å². The van der Waals surface area contributed by atoms with Crippen LogP contribution >= 0.6 is 11.3 Å². The molecule has 0 fully saturated rings. The van der Waals surface area contributed by atoms with E-state index < -0.39 is 0 Å². The van der Waals surface area contributed by atoms with Crippen LogP contribution in [0.2, 0.25) is 0 Å². The predicted molar refractivity (Wildman–Crippen MR) is 62.1 cm³/mol. The average molecular weight is 192 g/mol. The van der Waals surface area contributed by atoms with E-state index in [1.807, 2.05) is 0 Å². The van der Waals surface area contributed by atoms with Crippen LogP contribution in [0.25, 0.3) is 6.08 Å². The van der Waals surface area contributed by atoms with Gasteiger partial charge in [-0.1, -0.05) is 23.3 Å². The van der Waals surface area contributed by atoms with Gasteiger partial charge in [0.05, 0.1) is 0 Å². The first-order valence-electron chi connectivity index (χ1n) is 4.47. The van der Waals surface area contributed by atoms with Crippen LogP contribution in [0, 0.1) is 6.92 Å². The van der Waals surface area contributed by atoms with Crippen LogP contribution in [0.1, 0.15) is 31.2 Å². The van der Waals surface area contributed by atoms with E-state index in [0.29, 0.717) is 0 Å². The Hall–Kier alpha value is -0.820. The third-order valence-corrected chi connectivity index (χ3v) is 3.06. The van der Waals surface area contributed by atoms with Gasteiger partial charge in [0.25, 0.3) is 0 Å². The Kier molecular flexibility index (Phi) is 3.49. The standard InChI is InChI=1S/C12H16S/c1-9(2)10(3)5-6-12-7-8-13-11(12)4/h5-8H,1-4H3. The molecular weight excluding hydrogens is 176 g/mol. The summed E-state index contributed by atoms with van der Waals surface area (Å²) in [5.41, 5.74) is 4.07. The molecule has 0 aromatic carbocycles. The lowest BCUT2D eigenvalue weighted by atomic mass is 10.1. The Balaban J connectivity index is 2.81. The van der Waals surface area contributed by atoms with E-state index in [1.54, 1.807) is 11.3 Å². The van der Waals surface area contributed by atoms with Gasteiger partial charge < -0.3 is 0 Å². The molecule has 70 valence electrons. The minimum Gasteiger partial charge on any atom is -0.149 e. The Labute approximate surface area is 84.6 Å². The van der Waals surface area contributed by atoms with Crippen molar-refractivity contribution in [3.63, 3.8) is 0 Å². The Bertz CT molecular complexity index is 336. The lowest BCUT2D eigenvalue weighted by Gasteiger charge is -1.95. The minimum atomic E-state index is 1.34. The topological polar surface area (TPSA) is 0 Å². The summed E-state index contributed by atoms with van der Waals surface area (Å²) in [5.74, 6) is 0. The zero-order chi connectivity index (χ0) is 9.84. The second-order valence-electron chi connectivity index (χ2n) is 3.45. The molecule has 0 N–H and O–H groups in total. The van der Waals surface area contributed by atoms with E-state index in [9.17, 15) is 0 Å². The maximum atomic E-state index is 2.19. The zero-order valence-electron chi connectivity index (χ0n) is 8.72. The fourth-order valence-electron chi connectivity index (χ4n) is 0.949. The normalized spacial score (nSPS) is 10.8. The summed E-state index contributed by atoms with van der Waals surface area (Å²) in [6.07, 6.45) is 4.37. The number of rotatable bonds is 2. The second kappa shape index (κ2) is 4.43. The summed E-state index contributed by atoms with van der Waals surface area (Å²) in [7, 11) is 0. The van der Waals surface area contributed by atoms with Crippen molar-refractivity contribution in [2.45, 2.75) is 27.7 Å². The fourth-order valence-corrected chi connectivity index (χ4v) is 1.64. The highest BCUT2D eigenvalue weighted by molar-refractivity contribution is 7.10. The van der Waals surface area contributed by atoms with E-state index in [2.05, 4.69) is 51.3 Å². The highest BCUT2D eigenvalue weighted by atomic mass is 32.1. The number of aryl methyl sites for hydroxylation is 1. The van der Waals surface area contributed by atoms with Gasteiger partial charge in [-0.25, -0.2) is 0 Å². The lowest BCUT2D eigenvalue weighted by Crippen LogP contribution is -1.74. The zero-order valence-corrected chi connectivity index (χ0v) is 9.53. The molecule has 0 bridgehead atoms. The SMILES string of the molecule is CC(C)=C(C)C=Cc1ccsc1C. The molecule has 1 aromatic heterocycles. The lowest BCUT2D eigenvalue weighted by molar-refractivity contribution is 1.30. The molecule has 1 heteroatoms. The van der Waals surface area contributed by atoms with Gasteiger partial charge in [0.15, 0.2) is 0 Å². The summed E-state index contributed by atoms with van der Waals surface area (Å²) >= 11 is 1.80. The molecule has 1 rings (SSSR count). The number of hydrogen-bond donors (Lipinski definition) is 0. The van der Waals surface area contributed by atoms with Crippen LogP contribution in [-0.4, -0.2) is 0 Å². The van der Waals surface area contributed by atoms with Crippen molar-refractivity contribution < 1.29 is 0 Å². The van der Waals surface area contributed by atoms with Gasteiger partial charge in [-0.15, -0.1) is 11.3 Å². The molecule has 0 aliphatic rings. The van der Waals surface area contributed by atoms with Crippen molar-refractivity contribution in [3.05, 3.63) is 39.1 Å². The van der Waals surface area contributed by atoms with Crippen molar-refractivity contribution in [1.82, 2.24) is 0 Å². The van der Waals surface area contributed by atoms with Crippen LogP contribution in [0.5, 0.6) is 0 Å². The molecule has 0 saturated carbocycles. The molecule has 0 atom stereocenters. The third kappa shape index (κ3) is 2.85. The molecule has 0 nitrogen and oxygen atoms in total. The van der Waals surface area contributed by atoms with Crippen molar-refractivity contribution in [2.24, 2.45) is 0 Å². The smallest absolute Gasteiger partial charge is 0.00865 e. The maximum Gasteiger partial charge on any atom is 0.00865 e. The number of hydrogen-bond acceptors (Lipinski definition) is 1. The van der Waals surface area contributed by atoms with Gasteiger partial charge in [0.2, 0.25) is 0 Å². The van der Waals surface area contributed by atoms with Crippen LogP contribution in [0.4, 0.5) is 0 Å². The van der Waals surface area contributed by atoms with Gasteiger partial charge in [-0.2, -0.15) is 0 Å². The molecular formula is C12H16S. The van der Waals surface area contributed by atoms with E-state index in [1.165, 1.54) is 21.6 Å². The fraction of sp³-hybridized carbons (Fsp3) is 0.333. The van der Waals surface area contributed by atoms with Gasteiger partial charge in [-0.3, -0.25) is 0 Å². The average Bonchev–Trinajstić information content (AvgIpc) is 2.47. The molecule has 0 saturated heterocycles. The van der Waals surface area contributed by atoms with Gasteiger partial charge in [0.1, 0.15) is 0 Å². The van der Waals surface area contributed by atoms with Crippen molar-refractivity contribution >= 4 is 17.4 Å². The van der Waals surface area contributed by atoms with Crippen molar-refractivity contribution in [3.8, 4) is 0 Å². The third-order valence-electron chi connectivity index (χ3n) is 2.20. The van der Waals surface area contributed by atoms with Crippen LogP contribution in [-0.2, 0) is 0 Å². The summed E-state index contributed by atoms with van der Waals surface area (Å²) in [6, 6.07) is 2.16. The first-order chi connectivity index (χ1) is 6.11. The second-order valence-corrected chi connectivity index (χ2v) is 4.57. The molecule has 0 aliphatic heterocycles.